The van der Waals surface area contributed by atoms with Gasteiger partial charge >= 0.3 is 0 Å². The van der Waals surface area contributed by atoms with Crippen molar-refractivity contribution in [1.82, 2.24) is 9.55 Å². The summed E-state index contributed by atoms with van der Waals surface area (Å²) in [5.41, 5.74) is 0.226. The molecule has 0 aliphatic heterocycles. The van der Waals surface area contributed by atoms with Crippen LogP contribution >= 0.6 is 46.6 Å². The fourth-order valence-electron chi connectivity index (χ4n) is 2.02. The van der Waals surface area contributed by atoms with Crippen LogP contribution in [0.3, 0.4) is 0 Å². The quantitative estimate of drug-likeness (QED) is 0.402. The summed E-state index contributed by atoms with van der Waals surface area (Å²) in [5, 5.41) is -0.176. The molecule has 3 rings (SSSR count). The van der Waals surface area contributed by atoms with E-state index in [1.165, 1.54) is 35.4 Å². The van der Waals surface area contributed by atoms with E-state index in [9.17, 15) is 0 Å². The van der Waals surface area contributed by atoms with Gasteiger partial charge in [0.25, 0.3) is 0 Å². The molecule has 0 radical (unpaired) electrons. The number of thioether (sulfide) groups is 1. The second-order valence-electron chi connectivity index (χ2n) is 5.01. The molecular weight excluding hydrogens is 395 g/mol. The van der Waals surface area contributed by atoms with Gasteiger partial charge in [-0.3, -0.25) is 0 Å². The molecule has 130 valence electrons. The van der Waals surface area contributed by atoms with Crippen LogP contribution in [-0.2, 0) is 12.9 Å². The highest BCUT2D eigenvalue weighted by Crippen LogP contribution is 2.38. The van der Waals surface area contributed by atoms with Crippen molar-refractivity contribution in [1.29, 1.82) is 0 Å². The Bertz CT molecular complexity index is 980. The lowest BCUT2D eigenvalue weighted by atomic mass is 10.1. The SMILES string of the molecule is [2H]C(C(Sc1c(Cl)cccc1Cl)C([2H])([2H])n1ccnc1)C([2H])([2H])c1ccc(Cl)cc1. The highest BCUT2D eigenvalue weighted by Gasteiger charge is 2.16. The fraction of sp³-hybridized carbons (Fsp3) is 0.211. The van der Waals surface area contributed by atoms with Crippen molar-refractivity contribution in [2.24, 2.45) is 0 Å². The van der Waals surface area contributed by atoms with Crippen molar-refractivity contribution >= 4 is 46.6 Å². The number of imidazole rings is 1. The molecule has 0 saturated heterocycles. The third-order valence-electron chi connectivity index (χ3n) is 3.19. The molecule has 0 spiro atoms. The smallest absolute Gasteiger partial charge is 0.0946 e. The minimum Gasteiger partial charge on any atom is -0.336 e. The van der Waals surface area contributed by atoms with Crippen molar-refractivity contribution in [3.05, 3.63) is 81.8 Å². The number of hydrogen-bond acceptors (Lipinski definition) is 2. The third-order valence-corrected chi connectivity index (χ3v) is 5.47. The van der Waals surface area contributed by atoms with Crippen LogP contribution in [0.15, 0.2) is 66.1 Å². The molecule has 2 unspecified atom stereocenters. The van der Waals surface area contributed by atoms with Crippen LogP contribution in [0.1, 0.15) is 18.8 Å². The van der Waals surface area contributed by atoms with Crippen LogP contribution in [0.5, 0.6) is 0 Å². The molecule has 3 aromatic rings. The molecule has 25 heavy (non-hydrogen) atoms. The summed E-state index contributed by atoms with van der Waals surface area (Å²) in [4.78, 5) is 4.28. The molecule has 2 nitrogen and oxygen atoms in total. The van der Waals surface area contributed by atoms with E-state index < -0.39 is 24.5 Å². The van der Waals surface area contributed by atoms with Gasteiger partial charge in [-0.1, -0.05) is 53.0 Å². The summed E-state index contributed by atoms with van der Waals surface area (Å²) in [7, 11) is 0. The maximum absolute atomic E-state index is 8.78. The van der Waals surface area contributed by atoms with E-state index in [4.69, 9.17) is 41.7 Å². The maximum Gasteiger partial charge on any atom is 0.0946 e. The van der Waals surface area contributed by atoms with E-state index in [1.807, 2.05) is 0 Å². The first kappa shape index (κ1) is 13.1. The number of benzene rings is 2. The molecule has 1 heterocycles. The molecule has 0 N–H and O–H groups in total. The van der Waals surface area contributed by atoms with Gasteiger partial charge in [-0.15, -0.1) is 11.8 Å². The molecule has 0 amide bonds. The van der Waals surface area contributed by atoms with Gasteiger partial charge in [-0.25, -0.2) is 4.98 Å². The molecule has 0 aliphatic rings. The molecule has 0 fully saturated rings. The Morgan fingerprint density at radius 1 is 1.08 bits per heavy atom. The zero-order valence-corrected chi connectivity index (χ0v) is 15.9. The monoisotopic (exact) mass is 415 g/mol. The van der Waals surface area contributed by atoms with E-state index in [0.717, 1.165) is 11.8 Å². The molecular formula is C19H17Cl3N2S. The van der Waals surface area contributed by atoms with Crippen molar-refractivity contribution in [3.63, 3.8) is 0 Å². The van der Waals surface area contributed by atoms with E-state index in [1.54, 1.807) is 30.3 Å². The lowest BCUT2D eigenvalue weighted by Crippen LogP contribution is -2.13. The Morgan fingerprint density at radius 3 is 2.44 bits per heavy atom. The molecule has 0 saturated carbocycles. The first-order chi connectivity index (χ1) is 14.0. The summed E-state index contributed by atoms with van der Waals surface area (Å²) in [5.74, 6) is 0. The summed E-state index contributed by atoms with van der Waals surface area (Å²) in [6.07, 6.45) is 0.436. The summed E-state index contributed by atoms with van der Waals surface area (Å²) >= 11 is 19.4. The first-order valence-electron chi connectivity index (χ1n) is 9.90. The van der Waals surface area contributed by atoms with Gasteiger partial charge < -0.3 is 4.57 Å². The normalized spacial score (nSPS) is 17.6. The van der Waals surface area contributed by atoms with E-state index in [0.29, 0.717) is 20.0 Å². The van der Waals surface area contributed by atoms with Crippen molar-refractivity contribution < 1.29 is 6.85 Å². The van der Waals surface area contributed by atoms with Gasteiger partial charge in [-0.2, -0.15) is 0 Å². The predicted molar refractivity (Wildman–Crippen MR) is 108 cm³/mol. The van der Waals surface area contributed by atoms with Crippen molar-refractivity contribution in [2.45, 2.75) is 29.4 Å². The van der Waals surface area contributed by atoms with Crippen LogP contribution in [0.4, 0.5) is 0 Å². The van der Waals surface area contributed by atoms with E-state index >= 15 is 0 Å². The van der Waals surface area contributed by atoms with Crippen LogP contribution in [-0.4, -0.2) is 14.8 Å². The lowest BCUT2D eigenvalue weighted by Gasteiger charge is -2.19. The van der Waals surface area contributed by atoms with Crippen LogP contribution in [0, 0.1) is 0 Å². The van der Waals surface area contributed by atoms with Crippen LogP contribution in [0.25, 0.3) is 0 Å². The second kappa shape index (κ2) is 9.00. The zero-order chi connectivity index (χ0) is 22.1. The number of halogens is 3. The molecule has 6 heteroatoms. The minimum atomic E-state index is -2.19. The summed E-state index contributed by atoms with van der Waals surface area (Å²) in [6, 6.07) is 11.0. The topological polar surface area (TPSA) is 17.8 Å². The Labute approximate surface area is 174 Å². The number of aromatic nitrogens is 2. The highest BCUT2D eigenvalue weighted by molar-refractivity contribution is 8.00. The molecule has 2 aromatic carbocycles. The first-order valence-corrected chi connectivity index (χ1v) is 9.34. The van der Waals surface area contributed by atoms with Gasteiger partial charge in [0, 0.05) is 38.2 Å². The number of aryl methyl sites for hydroxylation is 1. The predicted octanol–water partition coefficient (Wildman–Crippen LogP) is 6.64. The minimum absolute atomic E-state index is 0.226. The largest absolute Gasteiger partial charge is 0.336 e. The summed E-state index contributed by atoms with van der Waals surface area (Å²) < 4.78 is 44.7. The van der Waals surface area contributed by atoms with Gasteiger partial charge in [0.15, 0.2) is 0 Å². The average molecular weight is 417 g/mol. The zero-order valence-electron chi connectivity index (χ0n) is 17.9. The molecule has 0 aliphatic carbocycles. The Kier molecular flexibility index (Phi) is 4.71. The van der Waals surface area contributed by atoms with Gasteiger partial charge in [0.2, 0.25) is 0 Å². The highest BCUT2D eigenvalue weighted by atomic mass is 35.5. The van der Waals surface area contributed by atoms with Gasteiger partial charge in [0.05, 0.1) is 19.1 Å². The van der Waals surface area contributed by atoms with Crippen molar-refractivity contribution in [2.75, 3.05) is 0 Å². The van der Waals surface area contributed by atoms with Crippen LogP contribution in [0.2, 0.25) is 15.1 Å². The van der Waals surface area contributed by atoms with Crippen LogP contribution < -0.4 is 0 Å². The second-order valence-corrected chi connectivity index (χ2v) is 7.41. The third kappa shape index (κ3) is 5.42. The standard InChI is InChI=1S/C19H17Cl3N2S/c20-15-7-4-14(5-8-15)6-9-16(12-24-11-10-23-13-24)25-19-17(21)2-1-3-18(19)22/h1-5,7-8,10-11,13,16H,6,9,12H2/i6D2,9D,12D2. The Hall–Kier alpha value is -1.13. The fourth-order valence-corrected chi connectivity index (χ4v) is 3.74. The summed E-state index contributed by atoms with van der Waals surface area (Å²) in [6.45, 7) is -2.17. The van der Waals surface area contributed by atoms with E-state index in [2.05, 4.69) is 4.98 Å². The number of hydrogen-bond donors (Lipinski definition) is 0. The van der Waals surface area contributed by atoms with E-state index in [-0.39, 0.29) is 5.56 Å². The molecule has 0 bridgehead atoms. The average Bonchev–Trinajstić information content (AvgIpc) is 3.23. The maximum atomic E-state index is 8.78. The molecule has 1 aromatic heterocycles. The van der Waals surface area contributed by atoms with Gasteiger partial charge in [0.1, 0.15) is 0 Å². The molecule has 2 atom stereocenters. The Morgan fingerprint density at radius 2 is 1.80 bits per heavy atom. The number of rotatable bonds is 7. The van der Waals surface area contributed by atoms with Gasteiger partial charge in [-0.05, 0) is 42.6 Å². The Balaban J connectivity index is 2.07. The lowest BCUT2D eigenvalue weighted by molar-refractivity contribution is 0.624. The number of nitrogens with zero attached hydrogens (tertiary/aromatic N) is 2. The van der Waals surface area contributed by atoms with Crippen molar-refractivity contribution in [3.8, 4) is 0 Å².